The van der Waals surface area contributed by atoms with E-state index in [1.165, 1.54) is 11.1 Å². The lowest BCUT2D eigenvalue weighted by molar-refractivity contribution is 0.722. The number of aryl methyl sites for hydroxylation is 1. The van der Waals surface area contributed by atoms with Crippen molar-refractivity contribution in [2.45, 2.75) is 34.2 Å². The van der Waals surface area contributed by atoms with Crippen LogP contribution < -0.4 is 5.32 Å². The van der Waals surface area contributed by atoms with E-state index in [0.717, 1.165) is 30.3 Å². The molecule has 0 amide bonds. The minimum Gasteiger partial charge on any atom is -0.313 e. The molecule has 0 saturated carbocycles. The second kappa shape index (κ2) is 5.31. The molecule has 18 heavy (non-hydrogen) atoms. The highest BCUT2D eigenvalue weighted by Gasteiger charge is 2.09. The van der Waals surface area contributed by atoms with Crippen LogP contribution in [0.3, 0.4) is 0 Å². The van der Waals surface area contributed by atoms with E-state index in [1.54, 1.807) is 0 Å². The fourth-order valence-corrected chi connectivity index (χ4v) is 1.90. The summed E-state index contributed by atoms with van der Waals surface area (Å²) in [5, 5.41) is 7.85. The molecule has 0 saturated heterocycles. The Morgan fingerprint density at radius 3 is 2.67 bits per heavy atom. The van der Waals surface area contributed by atoms with Crippen LogP contribution in [-0.2, 0) is 6.54 Å². The van der Waals surface area contributed by atoms with Crippen LogP contribution in [0, 0.1) is 20.8 Å². The second-order valence-electron chi connectivity index (χ2n) is 4.51. The van der Waals surface area contributed by atoms with E-state index in [-0.39, 0.29) is 0 Å². The van der Waals surface area contributed by atoms with Crippen molar-refractivity contribution in [3.05, 3.63) is 40.8 Å². The van der Waals surface area contributed by atoms with Gasteiger partial charge in [-0.05, 0) is 50.6 Å². The average molecular weight is 244 g/mol. The predicted octanol–water partition coefficient (Wildman–Crippen LogP) is 2.30. The Labute approximate surface area is 108 Å². The fourth-order valence-electron chi connectivity index (χ4n) is 1.90. The van der Waals surface area contributed by atoms with Gasteiger partial charge >= 0.3 is 0 Å². The summed E-state index contributed by atoms with van der Waals surface area (Å²) in [6.45, 7) is 10.1. The summed E-state index contributed by atoms with van der Waals surface area (Å²) in [7, 11) is 0. The normalized spacial score (nSPS) is 10.9. The molecule has 0 unspecified atom stereocenters. The van der Waals surface area contributed by atoms with Crippen molar-refractivity contribution in [2.24, 2.45) is 0 Å². The Kier molecular flexibility index (Phi) is 3.77. The molecule has 0 aliphatic rings. The summed E-state index contributed by atoms with van der Waals surface area (Å²) in [5.74, 6) is 0.888. The van der Waals surface area contributed by atoms with Crippen LogP contribution in [0.25, 0.3) is 5.82 Å². The molecule has 4 nitrogen and oxygen atoms in total. The van der Waals surface area contributed by atoms with Crippen molar-refractivity contribution >= 4 is 0 Å². The smallest absolute Gasteiger partial charge is 0.153 e. The predicted molar refractivity (Wildman–Crippen MR) is 73.0 cm³/mol. The lowest BCUT2D eigenvalue weighted by atomic mass is 10.2. The SMILES string of the molecule is CCNCc1ccnc(-n2nc(C)c(C)c2C)c1. The topological polar surface area (TPSA) is 42.7 Å². The average Bonchev–Trinajstić information content (AvgIpc) is 2.64. The number of aromatic nitrogens is 3. The molecule has 0 aromatic carbocycles. The van der Waals surface area contributed by atoms with Gasteiger partial charge in [0.1, 0.15) is 0 Å². The van der Waals surface area contributed by atoms with Crippen LogP contribution >= 0.6 is 0 Å². The van der Waals surface area contributed by atoms with Gasteiger partial charge in [-0.25, -0.2) is 9.67 Å². The Morgan fingerprint density at radius 1 is 1.28 bits per heavy atom. The van der Waals surface area contributed by atoms with E-state index < -0.39 is 0 Å². The van der Waals surface area contributed by atoms with Crippen LogP contribution in [0.15, 0.2) is 18.3 Å². The molecular formula is C14H20N4. The fraction of sp³-hybridized carbons (Fsp3) is 0.429. The van der Waals surface area contributed by atoms with E-state index in [1.807, 2.05) is 23.9 Å². The van der Waals surface area contributed by atoms with Crippen molar-refractivity contribution in [2.75, 3.05) is 6.54 Å². The van der Waals surface area contributed by atoms with Crippen molar-refractivity contribution in [1.29, 1.82) is 0 Å². The third-order valence-electron chi connectivity index (χ3n) is 3.26. The maximum Gasteiger partial charge on any atom is 0.153 e. The summed E-state index contributed by atoms with van der Waals surface area (Å²) >= 11 is 0. The molecule has 1 N–H and O–H groups in total. The second-order valence-corrected chi connectivity index (χ2v) is 4.51. The van der Waals surface area contributed by atoms with E-state index >= 15 is 0 Å². The highest BCUT2D eigenvalue weighted by molar-refractivity contribution is 5.33. The lowest BCUT2D eigenvalue weighted by Crippen LogP contribution is -2.12. The third kappa shape index (κ3) is 2.43. The van der Waals surface area contributed by atoms with Gasteiger partial charge < -0.3 is 5.32 Å². The Morgan fingerprint density at radius 2 is 2.06 bits per heavy atom. The molecule has 2 aromatic rings. The van der Waals surface area contributed by atoms with Gasteiger partial charge in [-0.2, -0.15) is 5.10 Å². The molecule has 96 valence electrons. The molecule has 0 spiro atoms. The number of hydrogen-bond acceptors (Lipinski definition) is 3. The first-order valence-corrected chi connectivity index (χ1v) is 6.32. The molecule has 0 aliphatic carbocycles. The molecule has 2 rings (SSSR count). The van der Waals surface area contributed by atoms with Gasteiger partial charge in [0.2, 0.25) is 0 Å². The first-order valence-electron chi connectivity index (χ1n) is 6.32. The monoisotopic (exact) mass is 244 g/mol. The maximum absolute atomic E-state index is 4.54. The molecule has 0 atom stereocenters. The van der Waals surface area contributed by atoms with Gasteiger partial charge in [0, 0.05) is 18.4 Å². The highest BCUT2D eigenvalue weighted by atomic mass is 15.3. The largest absolute Gasteiger partial charge is 0.313 e. The molecule has 4 heteroatoms. The standard InChI is InChI=1S/C14H20N4/c1-5-15-9-13-6-7-16-14(8-13)18-12(4)10(2)11(3)17-18/h6-8,15H,5,9H2,1-4H3. The minimum atomic E-state index is 0.865. The number of pyridine rings is 1. The Bertz CT molecular complexity index is 543. The molecule has 2 aromatic heterocycles. The van der Waals surface area contributed by atoms with Crippen molar-refractivity contribution in [3.8, 4) is 5.82 Å². The van der Waals surface area contributed by atoms with E-state index in [2.05, 4.69) is 42.2 Å². The van der Waals surface area contributed by atoms with Crippen LogP contribution in [-0.4, -0.2) is 21.3 Å². The van der Waals surface area contributed by atoms with Crippen LogP contribution in [0.5, 0.6) is 0 Å². The Balaban J connectivity index is 2.35. The minimum absolute atomic E-state index is 0.865. The van der Waals surface area contributed by atoms with Gasteiger partial charge in [-0.1, -0.05) is 6.92 Å². The zero-order valence-corrected chi connectivity index (χ0v) is 11.5. The van der Waals surface area contributed by atoms with Crippen LogP contribution in [0.2, 0.25) is 0 Å². The number of nitrogens with one attached hydrogen (secondary N) is 1. The molecule has 0 fully saturated rings. The highest BCUT2D eigenvalue weighted by Crippen LogP contribution is 2.15. The summed E-state index contributed by atoms with van der Waals surface area (Å²) in [4.78, 5) is 4.41. The maximum atomic E-state index is 4.54. The van der Waals surface area contributed by atoms with Crippen LogP contribution in [0.1, 0.15) is 29.4 Å². The van der Waals surface area contributed by atoms with Gasteiger partial charge in [-0.3, -0.25) is 0 Å². The first-order chi connectivity index (χ1) is 8.63. The molecule has 2 heterocycles. The molecule has 0 aliphatic heterocycles. The first kappa shape index (κ1) is 12.8. The zero-order valence-electron chi connectivity index (χ0n) is 11.5. The van der Waals surface area contributed by atoms with Crippen molar-refractivity contribution in [3.63, 3.8) is 0 Å². The third-order valence-corrected chi connectivity index (χ3v) is 3.26. The molecule has 0 bridgehead atoms. The van der Waals surface area contributed by atoms with Gasteiger partial charge in [0.15, 0.2) is 5.82 Å². The zero-order chi connectivity index (χ0) is 13.1. The lowest BCUT2D eigenvalue weighted by Gasteiger charge is -2.06. The van der Waals surface area contributed by atoms with E-state index in [4.69, 9.17) is 0 Å². The van der Waals surface area contributed by atoms with Crippen LogP contribution in [0.4, 0.5) is 0 Å². The van der Waals surface area contributed by atoms with Gasteiger partial charge in [0.25, 0.3) is 0 Å². The van der Waals surface area contributed by atoms with Gasteiger partial charge in [-0.15, -0.1) is 0 Å². The number of rotatable bonds is 4. The van der Waals surface area contributed by atoms with E-state index in [9.17, 15) is 0 Å². The molecular weight excluding hydrogens is 224 g/mol. The summed E-state index contributed by atoms with van der Waals surface area (Å²) in [6.07, 6.45) is 1.84. The van der Waals surface area contributed by atoms with Gasteiger partial charge in [0.05, 0.1) is 5.69 Å². The summed E-state index contributed by atoms with van der Waals surface area (Å²) < 4.78 is 1.92. The quantitative estimate of drug-likeness (QED) is 0.897. The Hall–Kier alpha value is -1.68. The van der Waals surface area contributed by atoms with Crippen molar-refractivity contribution in [1.82, 2.24) is 20.1 Å². The van der Waals surface area contributed by atoms with E-state index in [0.29, 0.717) is 0 Å². The molecule has 0 radical (unpaired) electrons. The number of hydrogen-bond donors (Lipinski definition) is 1. The summed E-state index contributed by atoms with van der Waals surface area (Å²) in [6, 6.07) is 4.12. The number of nitrogens with zero attached hydrogens (tertiary/aromatic N) is 3. The summed E-state index contributed by atoms with van der Waals surface area (Å²) in [5.41, 5.74) is 4.67. The van der Waals surface area contributed by atoms with Crippen molar-refractivity contribution < 1.29 is 0 Å².